The van der Waals surface area contributed by atoms with Crippen molar-refractivity contribution in [1.82, 2.24) is 15.5 Å². The van der Waals surface area contributed by atoms with E-state index in [1.807, 2.05) is 6.92 Å². The first-order valence-electron chi connectivity index (χ1n) is 9.93. The van der Waals surface area contributed by atoms with Gasteiger partial charge in [0.15, 0.2) is 0 Å². The fourth-order valence-electron chi connectivity index (χ4n) is 4.11. The summed E-state index contributed by atoms with van der Waals surface area (Å²) in [5.74, 6) is -0.359. The van der Waals surface area contributed by atoms with E-state index in [2.05, 4.69) is 44.5 Å². The second kappa shape index (κ2) is 8.69. The van der Waals surface area contributed by atoms with Crippen molar-refractivity contribution in [3.63, 3.8) is 0 Å². The molecule has 2 N–H and O–H groups in total. The van der Waals surface area contributed by atoms with E-state index in [1.54, 1.807) is 29.6 Å². The highest BCUT2D eigenvalue weighted by Crippen LogP contribution is 2.40. The van der Waals surface area contributed by atoms with Crippen LogP contribution in [0.2, 0.25) is 0 Å². The van der Waals surface area contributed by atoms with Crippen molar-refractivity contribution in [3.05, 3.63) is 55.5 Å². The third-order valence-electron chi connectivity index (χ3n) is 5.39. The zero-order valence-electron chi connectivity index (χ0n) is 16.6. The van der Waals surface area contributed by atoms with E-state index >= 15 is 0 Å². The van der Waals surface area contributed by atoms with Crippen molar-refractivity contribution in [1.29, 1.82) is 0 Å². The van der Waals surface area contributed by atoms with Gasteiger partial charge in [-0.05, 0) is 48.2 Å². The van der Waals surface area contributed by atoms with Crippen LogP contribution in [0.5, 0.6) is 0 Å². The Balaban J connectivity index is 1.71. The maximum Gasteiger partial charge on any atom is 0.337 e. The normalized spacial score (nSPS) is 22.1. The molecule has 0 saturated carbocycles. The maximum absolute atomic E-state index is 12.7. The Kier molecular flexibility index (Phi) is 6.03. The molecule has 2 aromatic heterocycles. The smallest absolute Gasteiger partial charge is 0.337 e. The van der Waals surface area contributed by atoms with E-state index < -0.39 is 0 Å². The molecule has 2 amide bonds. The number of hydrogen-bond acceptors (Lipinski definition) is 6. The lowest BCUT2D eigenvalue weighted by Gasteiger charge is -2.38. The number of nitrogens with zero attached hydrogens (tertiary/aromatic N) is 1. The first-order chi connectivity index (χ1) is 14.1. The van der Waals surface area contributed by atoms with E-state index in [1.165, 1.54) is 15.3 Å². The second-order valence-electron chi connectivity index (χ2n) is 7.11. The van der Waals surface area contributed by atoms with Gasteiger partial charge in [0.2, 0.25) is 0 Å². The molecule has 0 fully saturated rings. The van der Waals surface area contributed by atoms with Gasteiger partial charge >= 0.3 is 12.0 Å². The summed E-state index contributed by atoms with van der Waals surface area (Å²) in [6.45, 7) is 5.43. The number of esters is 1. The number of thiophene rings is 2. The molecule has 0 aromatic carbocycles. The van der Waals surface area contributed by atoms with Gasteiger partial charge in [-0.25, -0.2) is 9.59 Å². The van der Waals surface area contributed by atoms with Gasteiger partial charge in [-0.2, -0.15) is 0 Å². The molecule has 2 aliphatic heterocycles. The first kappa shape index (κ1) is 20.1. The van der Waals surface area contributed by atoms with Crippen LogP contribution >= 0.6 is 22.7 Å². The second-order valence-corrected chi connectivity index (χ2v) is 9.09. The van der Waals surface area contributed by atoms with Crippen LogP contribution in [0.3, 0.4) is 0 Å². The molecule has 0 saturated heterocycles. The SMILES string of the molecule is CCOC(=O)C1=C(CN2CCc3sccc3C2c2cccs2)NC(=O)NC1CC. The molecular formula is C21H25N3O3S2. The molecule has 0 bridgehead atoms. The number of carbonyl (C=O) groups excluding carboxylic acids is 2. The number of fused-ring (bicyclic) bond motifs is 1. The van der Waals surface area contributed by atoms with Crippen LogP contribution in [-0.2, 0) is 16.0 Å². The van der Waals surface area contributed by atoms with Crippen LogP contribution in [-0.4, -0.2) is 42.6 Å². The highest BCUT2D eigenvalue weighted by atomic mass is 32.1. The van der Waals surface area contributed by atoms with Gasteiger partial charge in [-0.3, -0.25) is 4.90 Å². The Hall–Kier alpha value is -2.16. The quantitative estimate of drug-likeness (QED) is 0.685. The average molecular weight is 432 g/mol. The van der Waals surface area contributed by atoms with Gasteiger partial charge in [-0.1, -0.05) is 13.0 Å². The van der Waals surface area contributed by atoms with Crippen LogP contribution in [0.25, 0.3) is 0 Å². The molecule has 2 atom stereocenters. The van der Waals surface area contributed by atoms with E-state index in [4.69, 9.17) is 4.74 Å². The highest BCUT2D eigenvalue weighted by molar-refractivity contribution is 7.10. The summed E-state index contributed by atoms with van der Waals surface area (Å²) >= 11 is 3.54. The Morgan fingerprint density at radius 3 is 2.86 bits per heavy atom. The number of nitrogens with one attached hydrogen (secondary N) is 2. The fraction of sp³-hybridized carbons (Fsp3) is 0.429. The fourth-order valence-corrected chi connectivity index (χ4v) is 5.89. The molecule has 0 aliphatic carbocycles. The van der Waals surface area contributed by atoms with Crippen LogP contribution in [0.1, 0.15) is 41.6 Å². The van der Waals surface area contributed by atoms with E-state index in [9.17, 15) is 9.59 Å². The van der Waals surface area contributed by atoms with E-state index in [-0.39, 0.29) is 24.1 Å². The third-order valence-corrected chi connectivity index (χ3v) is 7.31. The van der Waals surface area contributed by atoms with Crippen molar-refractivity contribution in [2.24, 2.45) is 0 Å². The van der Waals surface area contributed by atoms with Crippen LogP contribution in [0, 0.1) is 0 Å². The molecule has 154 valence electrons. The van der Waals surface area contributed by atoms with Crippen molar-refractivity contribution >= 4 is 34.7 Å². The zero-order valence-corrected chi connectivity index (χ0v) is 18.2. The molecule has 2 aliphatic rings. The van der Waals surface area contributed by atoms with Gasteiger partial charge in [0.05, 0.1) is 24.3 Å². The lowest BCUT2D eigenvalue weighted by molar-refractivity contribution is -0.139. The Labute approximate surface area is 178 Å². The number of ether oxygens (including phenoxy) is 1. The number of urea groups is 1. The van der Waals surface area contributed by atoms with Gasteiger partial charge in [0, 0.05) is 28.5 Å². The number of carbonyl (C=O) groups is 2. The average Bonchev–Trinajstić information content (AvgIpc) is 3.39. The Morgan fingerprint density at radius 2 is 2.14 bits per heavy atom. The first-order valence-corrected chi connectivity index (χ1v) is 11.7. The molecule has 2 unspecified atom stereocenters. The lowest BCUT2D eigenvalue weighted by atomic mass is 9.96. The number of rotatable bonds is 6. The predicted octanol–water partition coefficient (Wildman–Crippen LogP) is 3.67. The standard InChI is InChI=1S/C21H25N3O3S2/c1-3-14-18(20(25)27-4-2)15(23-21(26)22-14)12-24-9-7-16-13(8-11-29-16)19(24)17-6-5-10-28-17/h5-6,8,10-11,14,19H,3-4,7,9,12H2,1-2H3,(H2,22,23,26). The number of hydrogen-bond donors (Lipinski definition) is 2. The van der Waals surface area contributed by atoms with Crippen LogP contribution in [0.15, 0.2) is 40.2 Å². The summed E-state index contributed by atoms with van der Waals surface area (Å²) in [4.78, 5) is 30.0. The van der Waals surface area contributed by atoms with Gasteiger partial charge < -0.3 is 15.4 Å². The summed E-state index contributed by atoms with van der Waals surface area (Å²) in [5, 5.41) is 9.99. The largest absolute Gasteiger partial charge is 0.463 e. The number of amides is 2. The van der Waals surface area contributed by atoms with E-state index in [0.717, 1.165) is 13.0 Å². The summed E-state index contributed by atoms with van der Waals surface area (Å²) in [6.07, 6.45) is 1.61. The summed E-state index contributed by atoms with van der Waals surface area (Å²) in [7, 11) is 0. The maximum atomic E-state index is 12.7. The predicted molar refractivity (Wildman–Crippen MR) is 115 cm³/mol. The molecule has 2 aromatic rings. The van der Waals surface area contributed by atoms with E-state index in [0.29, 0.717) is 30.8 Å². The molecule has 4 rings (SSSR count). The van der Waals surface area contributed by atoms with Crippen LogP contribution < -0.4 is 10.6 Å². The summed E-state index contributed by atoms with van der Waals surface area (Å²) < 4.78 is 5.31. The monoisotopic (exact) mass is 431 g/mol. The Bertz CT molecular complexity index is 920. The summed E-state index contributed by atoms with van der Waals surface area (Å²) in [6, 6.07) is 5.97. The molecule has 0 spiro atoms. The minimum absolute atomic E-state index is 0.132. The van der Waals surface area contributed by atoms with Crippen molar-refractivity contribution < 1.29 is 14.3 Å². The topological polar surface area (TPSA) is 70.7 Å². The van der Waals surface area contributed by atoms with Crippen molar-refractivity contribution in [3.8, 4) is 0 Å². The minimum Gasteiger partial charge on any atom is -0.463 e. The molecule has 8 heteroatoms. The molecular weight excluding hydrogens is 406 g/mol. The van der Waals surface area contributed by atoms with Gasteiger partial charge in [0.1, 0.15) is 0 Å². The van der Waals surface area contributed by atoms with Gasteiger partial charge in [-0.15, -0.1) is 22.7 Å². The third kappa shape index (κ3) is 3.97. The zero-order chi connectivity index (χ0) is 20.4. The summed E-state index contributed by atoms with van der Waals surface area (Å²) in [5.41, 5.74) is 2.52. The minimum atomic E-state index is -0.359. The highest BCUT2D eigenvalue weighted by Gasteiger charge is 2.36. The molecule has 4 heterocycles. The van der Waals surface area contributed by atoms with Crippen molar-refractivity contribution in [2.45, 2.75) is 38.8 Å². The molecule has 0 radical (unpaired) electrons. The van der Waals surface area contributed by atoms with Crippen molar-refractivity contribution in [2.75, 3.05) is 19.7 Å². The van der Waals surface area contributed by atoms with Crippen LogP contribution in [0.4, 0.5) is 4.79 Å². The molecule has 6 nitrogen and oxygen atoms in total. The lowest BCUT2D eigenvalue weighted by Crippen LogP contribution is -2.52. The van der Waals surface area contributed by atoms with Gasteiger partial charge in [0.25, 0.3) is 0 Å². The molecule has 29 heavy (non-hydrogen) atoms. The Morgan fingerprint density at radius 1 is 1.28 bits per heavy atom.